The van der Waals surface area contributed by atoms with Crippen molar-refractivity contribution in [3.63, 3.8) is 0 Å². The molecule has 0 saturated carbocycles. The van der Waals surface area contributed by atoms with E-state index in [0.717, 1.165) is 11.3 Å². The van der Waals surface area contributed by atoms with E-state index in [1.54, 1.807) is 10.9 Å². The van der Waals surface area contributed by atoms with Crippen molar-refractivity contribution < 1.29 is 13.9 Å². The zero-order chi connectivity index (χ0) is 16.3. The van der Waals surface area contributed by atoms with Crippen LogP contribution in [0.4, 0.5) is 4.39 Å². The summed E-state index contributed by atoms with van der Waals surface area (Å²) >= 11 is 3.19. The molecule has 1 heterocycles. The van der Waals surface area contributed by atoms with Crippen LogP contribution >= 0.6 is 15.9 Å². The Labute approximate surface area is 136 Å². The highest BCUT2D eigenvalue weighted by Gasteiger charge is 2.15. The normalized spacial score (nSPS) is 12.0. The summed E-state index contributed by atoms with van der Waals surface area (Å²) in [5.41, 5.74) is 1.95. The molecule has 5 nitrogen and oxygen atoms in total. The van der Waals surface area contributed by atoms with E-state index in [2.05, 4.69) is 26.3 Å². The number of carbonyl (C=O) groups is 1. The molecule has 0 unspecified atom stereocenters. The number of hydrogen-bond donors (Lipinski definition) is 1. The van der Waals surface area contributed by atoms with Gasteiger partial charge in [0.15, 0.2) is 6.61 Å². The molecule has 1 aromatic heterocycles. The first kappa shape index (κ1) is 16.5. The van der Waals surface area contributed by atoms with E-state index < -0.39 is 0 Å². The van der Waals surface area contributed by atoms with E-state index in [9.17, 15) is 9.18 Å². The van der Waals surface area contributed by atoms with E-state index >= 15 is 0 Å². The lowest BCUT2D eigenvalue weighted by molar-refractivity contribution is -0.123. The van der Waals surface area contributed by atoms with Crippen LogP contribution in [-0.2, 0) is 11.8 Å². The summed E-state index contributed by atoms with van der Waals surface area (Å²) in [6.45, 7) is 3.68. The average molecular weight is 370 g/mol. The van der Waals surface area contributed by atoms with E-state index in [1.165, 1.54) is 18.2 Å². The molecule has 2 rings (SSSR count). The lowest BCUT2D eigenvalue weighted by Gasteiger charge is -2.14. The zero-order valence-electron chi connectivity index (χ0n) is 12.6. The molecule has 0 aliphatic carbocycles. The van der Waals surface area contributed by atoms with Gasteiger partial charge in [0.25, 0.3) is 5.91 Å². The number of rotatable bonds is 5. The highest BCUT2D eigenvalue weighted by molar-refractivity contribution is 9.10. The summed E-state index contributed by atoms with van der Waals surface area (Å²) in [6, 6.07) is 3.87. The van der Waals surface area contributed by atoms with Crippen LogP contribution in [0.2, 0.25) is 0 Å². The first-order chi connectivity index (χ1) is 10.4. The first-order valence-corrected chi connectivity index (χ1v) is 7.53. The second-order valence-corrected chi connectivity index (χ2v) is 5.82. The van der Waals surface area contributed by atoms with Crippen LogP contribution in [0, 0.1) is 12.7 Å². The number of nitrogens with one attached hydrogen (secondary N) is 1. The first-order valence-electron chi connectivity index (χ1n) is 6.74. The fourth-order valence-electron chi connectivity index (χ4n) is 2.04. The number of aryl methyl sites for hydroxylation is 1. The summed E-state index contributed by atoms with van der Waals surface area (Å²) in [5, 5.41) is 7.00. The van der Waals surface area contributed by atoms with Crippen molar-refractivity contribution in [2.45, 2.75) is 19.9 Å². The molecular formula is C15H17BrFN3O2. The van der Waals surface area contributed by atoms with E-state index in [-0.39, 0.29) is 24.4 Å². The number of benzene rings is 1. The van der Waals surface area contributed by atoms with Crippen molar-refractivity contribution in [1.29, 1.82) is 0 Å². The fraction of sp³-hybridized carbons (Fsp3) is 0.333. The summed E-state index contributed by atoms with van der Waals surface area (Å²) < 4.78 is 20.6. The standard InChI is InChI=1S/C15H17BrFN3O2/c1-9(12-7-18-20(3)10(12)2)19-15(21)8-22-14-5-4-11(17)6-13(14)16/h4-7,9H,8H2,1-3H3,(H,19,21)/t9-/m1/s1. The van der Waals surface area contributed by atoms with Crippen LogP contribution in [0.15, 0.2) is 28.9 Å². The molecule has 7 heteroatoms. The van der Waals surface area contributed by atoms with Gasteiger partial charge in [-0.25, -0.2) is 4.39 Å². The number of hydrogen-bond acceptors (Lipinski definition) is 3. The number of amides is 1. The fourth-order valence-corrected chi connectivity index (χ4v) is 2.50. The van der Waals surface area contributed by atoms with Crippen LogP contribution in [0.1, 0.15) is 24.2 Å². The van der Waals surface area contributed by atoms with Gasteiger partial charge in [0.1, 0.15) is 11.6 Å². The Bertz CT molecular complexity index is 687. The van der Waals surface area contributed by atoms with Gasteiger partial charge in [0.05, 0.1) is 16.7 Å². The lowest BCUT2D eigenvalue weighted by atomic mass is 10.1. The molecular weight excluding hydrogens is 353 g/mol. The van der Waals surface area contributed by atoms with Crippen molar-refractivity contribution in [3.05, 3.63) is 45.9 Å². The van der Waals surface area contributed by atoms with E-state index in [1.807, 2.05) is 20.9 Å². The van der Waals surface area contributed by atoms with Gasteiger partial charge in [-0.2, -0.15) is 5.10 Å². The molecule has 0 saturated heterocycles. The third-order valence-corrected chi connectivity index (χ3v) is 3.99. The Hall–Kier alpha value is -1.89. The molecule has 0 aliphatic rings. The topological polar surface area (TPSA) is 56.1 Å². The second-order valence-electron chi connectivity index (χ2n) is 4.96. The van der Waals surface area contributed by atoms with Crippen LogP contribution in [0.25, 0.3) is 0 Å². The van der Waals surface area contributed by atoms with Gasteiger partial charge in [-0.1, -0.05) is 0 Å². The van der Waals surface area contributed by atoms with Crippen molar-refractivity contribution in [1.82, 2.24) is 15.1 Å². The maximum Gasteiger partial charge on any atom is 0.258 e. The SMILES string of the molecule is Cc1c([C@@H](C)NC(=O)COc2ccc(F)cc2Br)cnn1C. The van der Waals surface area contributed by atoms with Crippen molar-refractivity contribution in [2.75, 3.05) is 6.61 Å². The lowest BCUT2D eigenvalue weighted by Crippen LogP contribution is -2.31. The Morgan fingerprint density at radius 1 is 1.55 bits per heavy atom. The largest absolute Gasteiger partial charge is 0.483 e. The third kappa shape index (κ3) is 3.85. The number of nitrogens with zero attached hydrogens (tertiary/aromatic N) is 2. The zero-order valence-corrected chi connectivity index (χ0v) is 14.1. The molecule has 0 aliphatic heterocycles. The van der Waals surface area contributed by atoms with Gasteiger partial charge < -0.3 is 10.1 Å². The third-order valence-electron chi connectivity index (χ3n) is 3.37. The highest BCUT2D eigenvalue weighted by Crippen LogP contribution is 2.25. The minimum atomic E-state index is -0.371. The maximum atomic E-state index is 13.0. The van der Waals surface area contributed by atoms with Gasteiger partial charge in [0, 0.05) is 18.3 Å². The van der Waals surface area contributed by atoms with Gasteiger partial charge in [-0.3, -0.25) is 9.48 Å². The predicted octanol–water partition coefficient (Wildman–Crippen LogP) is 2.89. The Morgan fingerprint density at radius 3 is 2.86 bits per heavy atom. The van der Waals surface area contributed by atoms with Crippen LogP contribution in [0.5, 0.6) is 5.75 Å². The predicted molar refractivity (Wildman–Crippen MR) is 84.1 cm³/mol. The quantitative estimate of drug-likeness (QED) is 0.881. The van der Waals surface area contributed by atoms with Crippen molar-refractivity contribution in [3.8, 4) is 5.75 Å². The molecule has 22 heavy (non-hydrogen) atoms. The van der Waals surface area contributed by atoms with Crippen LogP contribution in [-0.4, -0.2) is 22.3 Å². The molecule has 1 atom stereocenters. The molecule has 118 valence electrons. The van der Waals surface area contributed by atoms with Crippen LogP contribution < -0.4 is 10.1 Å². The highest BCUT2D eigenvalue weighted by atomic mass is 79.9. The average Bonchev–Trinajstić information content (AvgIpc) is 2.78. The number of aromatic nitrogens is 2. The molecule has 2 aromatic rings. The second kappa shape index (κ2) is 6.91. The molecule has 1 amide bonds. The van der Waals surface area contributed by atoms with Gasteiger partial charge in [-0.05, 0) is 48.0 Å². The van der Waals surface area contributed by atoms with Crippen molar-refractivity contribution in [2.24, 2.45) is 7.05 Å². The molecule has 1 aromatic carbocycles. The minimum absolute atomic E-state index is 0.145. The Kier molecular flexibility index (Phi) is 5.18. The Morgan fingerprint density at radius 2 is 2.27 bits per heavy atom. The van der Waals surface area contributed by atoms with Gasteiger partial charge in [-0.15, -0.1) is 0 Å². The Balaban J connectivity index is 1.91. The maximum absolute atomic E-state index is 13.0. The molecule has 1 N–H and O–H groups in total. The molecule has 0 fully saturated rings. The number of halogens is 2. The van der Waals surface area contributed by atoms with Crippen LogP contribution in [0.3, 0.4) is 0 Å². The molecule has 0 radical (unpaired) electrons. The monoisotopic (exact) mass is 369 g/mol. The molecule has 0 spiro atoms. The van der Waals surface area contributed by atoms with E-state index in [4.69, 9.17) is 4.74 Å². The summed E-state index contributed by atoms with van der Waals surface area (Å²) in [4.78, 5) is 11.9. The summed E-state index contributed by atoms with van der Waals surface area (Å²) in [7, 11) is 1.85. The van der Waals surface area contributed by atoms with E-state index in [0.29, 0.717) is 10.2 Å². The summed E-state index contributed by atoms with van der Waals surface area (Å²) in [5.74, 6) is -0.210. The minimum Gasteiger partial charge on any atom is -0.483 e. The van der Waals surface area contributed by atoms with Gasteiger partial charge >= 0.3 is 0 Å². The smallest absolute Gasteiger partial charge is 0.258 e. The van der Waals surface area contributed by atoms with Crippen molar-refractivity contribution >= 4 is 21.8 Å². The number of carbonyl (C=O) groups excluding carboxylic acids is 1. The van der Waals surface area contributed by atoms with Gasteiger partial charge in [0.2, 0.25) is 0 Å². The number of ether oxygens (including phenoxy) is 1. The molecule has 0 bridgehead atoms. The summed E-state index contributed by atoms with van der Waals surface area (Å²) in [6.07, 6.45) is 1.73.